The smallest absolute Gasteiger partial charge is 0.267 e. The number of nitrogens with zero attached hydrogens (tertiary/aromatic N) is 2. The number of amides is 1. The molecule has 1 aromatic heterocycles. The SMILES string of the molecule is CCN1CCN(CCCNC(=O)c2ccc[nH]2)CC1. The molecule has 1 aliphatic heterocycles. The van der Waals surface area contributed by atoms with E-state index in [-0.39, 0.29) is 5.91 Å². The van der Waals surface area contributed by atoms with E-state index in [1.54, 1.807) is 12.3 Å². The molecule has 2 rings (SSSR count). The van der Waals surface area contributed by atoms with Gasteiger partial charge in [0.15, 0.2) is 0 Å². The Bertz CT molecular complexity index is 369. The third kappa shape index (κ3) is 4.36. The van der Waals surface area contributed by atoms with Gasteiger partial charge in [-0.05, 0) is 31.6 Å². The number of nitrogens with one attached hydrogen (secondary N) is 2. The van der Waals surface area contributed by atoms with Crippen molar-refractivity contribution in [3.63, 3.8) is 0 Å². The summed E-state index contributed by atoms with van der Waals surface area (Å²) in [6.07, 6.45) is 2.78. The summed E-state index contributed by atoms with van der Waals surface area (Å²) in [7, 11) is 0. The molecule has 0 bridgehead atoms. The van der Waals surface area contributed by atoms with Gasteiger partial charge in [0.1, 0.15) is 5.69 Å². The minimum absolute atomic E-state index is 0.0131. The number of carbonyl (C=O) groups excluding carboxylic acids is 1. The van der Waals surface area contributed by atoms with Crippen molar-refractivity contribution < 1.29 is 4.79 Å². The van der Waals surface area contributed by atoms with Crippen LogP contribution in [-0.2, 0) is 0 Å². The van der Waals surface area contributed by atoms with E-state index in [0.717, 1.165) is 39.1 Å². The van der Waals surface area contributed by atoms with Crippen LogP contribution in [0.15, 0.2) is 18.3 Å². The van der Waals surface area contributed by atoms with Gasteiger partial charge in [-0.2, -0.15) is 0 Å². The molecule has 0 saturated carbocycles. The Balaban J connectivity index is 1.56. The number of rotatable bonds is 6. The van der Waals surface area contributed by atoms with E-state index in [0.29, 0.717) is 5.69 Å². The van der Waals surface area contributed by atoms with E-state index < -0.39 is 0 Å². The van der Waals surface area contributed by atoms with Gasteiger partial charge in [0, 0.05) is 38.9 Å². The van der Waals surface area contributed by atoms with Crippen LogP contribution in [0.25, 0.3) is 0 Å². The molecule has 5 heteroatoms. The van der Waals surface area contributed by atoms with Crippen LogP contribution in [0.2, 0.25) is 0 Å². The third-order valence-electron chi connectivity index (χ3n) is 3.69. The Hall–Kier alpha value is -1.33. The molecule has 1 amide bonds. The Morgan fingerprint density at radius 1 is 1.32 bits per heavy atom. The molecule has 2 N–H and O–H groups in total. The summed E-state index contributed by atoms with van der Waals surface area (Å²) in [5.74, 6) is -0.0131. The van der Waals surface area contributed by atoms with Crippen LogP contribution >= 0.6 is 0 Å². The van der Waals surface area contributed by atoms with Crippen molar-refractivity contribution in [2.45, 2.75) is 13.3 Å². The Labute approximate surface area is 115 Å². The summed E-state index contributed by atoms with van der Waals surface area (Å²) in [5, 5.41) is 2.94. The van der Waals surface area contributed by atoms with Crippen molar-refractivity contribution in [1.29, 1.82) is 0 Å². The Morgan fingerprint density at radius 3 is 2.68 bits per heavy atom. The maximum absolute atomic E-state index is 11.7. The second kappa shape index (κ2) is 7.31. The average molecular weight is 264 g/mol. The van der Waals surface area contributed by atoms with Gasteiger partial charge >= 0.3 is 0 Å². The molecule has 0 radical (unpaired) electrons. The lowest BCUT2D eigenvalue weighted by Gasteiger charge is -2.33. The lowest BCUT2D eigenvalue weighted by molar-refractivity contribution is 0.0944. The van der Waals surface area contributed by atoms with Crippen molar-refractivity contribution in [2.75, 3.05) is 45.8 Å². The molecule has 19 heavy (non-hydrogen) atoms. The standard InChI is InChI=1S/C14H24N4O/c1-2-17-9-11-18(12-10-17)8-4-7-16-14(19)13-5-3-6-15-13/h3,5-6,15H,2,4,7-12H2,1H3,(H,16,19). The van der Waals surface area contributed by atoms with E-state index in [4.69, 9.17) is 0 Å². The molecule has 1 saturated heterocycles. The fourth-order valence-electron chi connectivity index (χ4n) is 2.40. The zero-order chi connectivity index (χ0) is 13.5. The fraction of sp³-hybridized carbons (Fsp3) is 0.643. The van der Waals surface area contributed by atoms with Gasteiger partial charge in [-0.1, -0.05) is 6.92 Å². The first-order valence-electron chi connectivity index (χ1n) is 7.16. The Morgan fingerprint density at radius 2 is 2.05 bits per heavy atom. The highest BCUT2D eigenvalue weighted by Gasteiger charge is 2.14. The van der Waals surface area contributed by atoms with Gasteiger partial charge in [0.2, 0.25) is 0 Å². The average Bonchev–Trinajstić information content (AvgIpc) is 2.98. The molecule has 2 heterocycles. The van der Waals surface area contributed by atoms with Gasteiger partial charge in [0.05, 0.1) is 0 Å². The van der Waals surface area contributed by atoms with Crippen molar-refractivity contribution in [3.05, 3.63) is 24.0 Å². The summed E-state index contributed by atoms with van der Waals surface area (Å²) in [4.78, 5) is 19.5. The number of hydrogen-bond donors (Lipinski definition) is 2. The second-order valence-electron chi connectivity index (χ2n) is 4.97. The van der Waals surface area contributed by atoms with Crippen LogP contribution in [0.4, 0.5) is 0 Å². The van der Waals surface area contributed by atoms with Gasteiger partial charge in [-0.15, -0.1) is 0 Å². The number of aromatic amines is 1. The summed E-state index contributed by atoms with van der Waals surface area (Å²) < 4.78 is 0. The number of likely N-dealkylation sites (N-methyl/N-ethyl adjacent to an activating group) is 1. The molecule has 106 valence electrons. The monoisotopic (exact) mass is 264 g/mol. The molecule has 1 aliphatic rings. The first-order chi connectivity index (χ1) is 9.29. The molecule has 0 unspecified atom stereocenters. The number of aromatic nitrogens is 1. The first kappa shape index (κ1) is 14.1. The maximum atomic E-state index is 11.7. The second-order valence-corrected chi connectivity index (χ2v) is 4.97. The van der Waals surface area contributed by atoms with E-state index >= 15 is 0 Å². The molecule has 0 atom stereocenters. The van der Waals surface area contributed by atoms with Crippen molar-refractivity contribution >= 4 is 5.91 Å². The van der Waals surface area contributed by atoms with Crippen LogP contribution < -0.4 is 5.32 Å². The van der Waals surface area contributed by atoms with Gasteiger partial charge in [-0.3, -0.25) is 4.79 Å². The van der Waals surface area contributed by atoms with Crippen LogP contribution in [0.3, 0.4) is 0 Å². The maximum Gasteiger partial charge on any atom is 0.267 e. The zero-order valence-electron chi connectivity index (χ0n) is 11.7. The lowest BCUT2D eigenvalue weighted by Crippen LogP contribution is -2.46. The quantitative estimate of drug-likeness (QED) is 0.746. The number of piperazine rings is 1. The fourth-order valence-corrected chi connectivity index (χ4v) is 2.40. The van der Waals surface area contributed by atoms with Crippen LogP contribution in [0.1, 0.15) is 23.8 Å². The molecular formula is C14H24N4O. The molecular weight excluding hydrogens is 240 g/mol. The van der Waals surface area contributed by atoms with Gasteiger partial charge in [0.25, 0.3) is 5.91 Å². The zero-order valence-corrected chi connectivity index (χ0v) is 11.7. The number of hydrogen-bond acceptors (Lipinski definition) is 3. The predicted octanol–water partition coefficient (Wildman–Crippen LogP) is 0.772. The highest BCUT2D eigenvalue weighted by Crippen LogP contribution is 2.01. The number of H-pyrrole nitrogens is 1. The van der Waals surface area contributed by atoms with Crippen LogP contribution in [0, 0.1) is 0 Å². The van der Waals surface area contributed by atoms with Gasteiger partial charge < -0.3 is 20.1 Å². The summed E-state index contributed by atoms with van der Waals surface area (Å²) in [5.41, 5.74) is 0.636. The highest BCUT2D eigenvalue weighted by molar-refractivity contribution is 5.92. The first-order valence-corrected chi connectivity index (χ1v) is 7.16. The van der Waals surface area contributed by atoms with Crippen molar-refractivity contribution in [2.24, 2.45) is 0 Å². The minimum Gasteiger partial charge on any atom is -0.357 e. The lowest BCUT2D eigenvalue weighted by atomic mass is 10.3. The predicted molar refractivity (Wildman–Crippen MR) is 76.3 cm³/mol. The normalized spacial score (nSPS) is 17.5. The highest BCUT2D eigenvalue weighted by atomic mass is 16.1. The van der Waals surface area contributed by atoms with Gasteiger partial charge in [-0.25, -0.2) is 0 Å². The molecule has 1 aromatic rings. The Kier molecular flexibility index (Phi) is 5.42. The summed E-state index contributed by atoms with van der Waals surface area (Å²) >= 11 is 0. The van der Waals surface area contributed by atoms with Crippen molar-refractivity contribution in [3.8, 4) is 0 Å². The van der Waals surface area contributed by atoms with E-state index in [2.05, 4.69) is 27.0 Å². The van der Waals surface area contributed by atoms with E-state index in [1.165, 1.54) is 13.1 Å². The van der Waals surface area contributed by atoms with Crippen LogP contribution in [0.5, 0.6) is 0 Å². The largest absolute Gasteiger partial charge is 0.357 e. The topological polar surface area (TPSA) is 51.4 Å². The summed E-state index contributed by atoms with van der Waals surface area (Å²) in [6.45, 7) is 9.83. The molecule has 0 aliphatic carbocycles. The molecule has 1 fully saturated rings. The van der Waals surface area contributed by atoms with Crippen molar-refractivity contribution in [1.82, 2.24) is 20.1 Å². The third-order valence-corrected chi connectivity index (χ3v) is 3.69. The molecule has 0 aromatic carbocycles. The van der Waals surface area contributed by atoms with E-state index in [1.807, 2.05) is 6.07 Å². The van der Waals surface area contributed by atoms with E-state index in [9.17, 15) is 4.79 Å². The summed E-state index contributed by atoms with van der Waals surface area (Å²) in [6, 6.07) is 3.63. The minimum atomic E-state index is -0.0131. The molecule has 0 spiro atoms. The van der Waals surface area contributed by atoms with Crippen LogP contribution in [-0.4, -0.2) is 66.5 Å². The number of carbonyl (C=O) groups is 1. The molecule has 5 nitrogen and oxygen atoms in total.